The number of aryl methyl sites for hydroxylation is 1. The summed E-state index contributed by atoms with van der Waals surface area (Å²) in [5, 5.41) is 9.93. The monoisotopic (exact) mass is 279 g/mol. The lowest BCUT2D eigenvalue weighted by Crippen LogP contribution is -2.26. The summed E-state index contributed by atoms with van der Waals surface area (Å²) >= 11 is 1.24. The Morgan fingerprint density at radius 3 is 2.68 bits per heavy atom. The number of rotatable bonds is 4. The molecule has 1 aromatic heterocycles. The Bertz CT molecular complexity index is 669. The SMILES string of the molecule is Cc1ccc2c(=O)n([C@@H](CC(C)C)C(=O)O)sc2c1. The molecular weight excluding hydrogens is 262 g/mol. The molecule has 0 aliphatic heterocycles. The van der Waals surface area contributed by atoms with Crippen molar-refractivity contribution in [3.8, 4) is 0 Å². The molecule has 1 aromatic carbocycles. The minimum Gasteiger partial charge on any atom is -0.480 e. The molecule has 1 heterocycles. The van der Waals surface area contributed by atoms with Gasteiger partial charge in [0, 0.05) is 0 Å². The number of carbonyl (C=O) groups is 1. The first-order valence-corrected chi connectivity index (χ1v) is 7.02. The number of fused-ring (bicyclic) bond motifs is 1. The molecule has 1 N–H and O–H groups in total. The van der Waals surface area contributed by atoms with Crippen LogP contribution in [-0.2, 0) is 4.79 Å². The lowest BCUT2D eigenvalue weighted by atomic mass is 10.0. The molecule has 0 aliphatic rings. The number of hydrogen-bond donors (Lipinski definition) is 1. The summed E-state index contributed by atoms with van der Waals surface area (Å²) in [5.41, 5.74) is 0.865. The van der Waals surface area contributed by atoms with Crippen LogP contribution in [0.25, 0.3) is 10.1 Å². The molecule has 0 spiro atoms. The van der Waals surface area contributed by atoms with Gasteiger partial charge in [-0.25, -0.2) is 8.75 Å². The van der Waals surface area contributed by atoms with Crippen molar-refractivity contribution in [1.82, 2.24) is 3.96 Å². The van der Waals surface area contributed by atoms with Gasteiger partial charge < -0.3 is 5.11 Å². The summed E-state index contributed by atoms with van der Waals surface area (Å²) < 4.78 is 2.24. The zero-order valence-corrected chi connectivity index (χ0v) is 12.0. The first-order valence-electron chi connectivity index (χ1n) is 6.25. The number of aromatic nitrogens is 1. The number of benzene rings is 1. The summed E-state index contributed by atoms with van der Waals surface area (Å²) in [7, 11) is 0. The van der Waals surface area contributed by atoms with Crippen molar-refractivity contribution in [2.24, 2.45) is 5.92 Å². The molecule has 0 saturated heterocycles. The Balaban J connectivity index is 2.57. The van der Waals surface area contributed by atoms with Crippen molar-refractivity contribution in [2.45, 2.75) is 33.2 Å². The Labute approximate surface area is 115 Å². The third kappa shape index (κ3) is 2.71. The highest BCUT2D eigenvalue weighted by Gasteiger charge is 2.24. The minimum atomic E-state index is -0.945. The van der Waals surface area contributed by atoms with Crippen LogP contribution in [-0.4, -0.2) is 15.0 Å². The van der Waals surface area contributed by atoms with E-state index in [0.29, 0.717) is 11.8 Å². The molecule has 5 heteroatoms. The van der Waals surface area contributed by atoms with Crippen molar-refractivity contribution in [3.05, 3.63) is 34.1 Å². The molecular formula is C14H17NO3S. The van der Waals surface area contributed by atoms with E-state index < -0.39 is 12.0 Å². The number of aliphatic carboxylic acids is 1. The van der Waals surface area contributed by atoms with Gasteiger partial charge in [-0.05, 0) is 37.0 Å². The maximum absolute atomic E-state index is 12.3. The molecule has 0 bridgehead atoms. The molecule has 4 nitrogen and oxygen atoms in total. The van der Waals surface area contributed by atoms with E-state index in [1.165, 1.54) is 15.5 Å². The van der Waals surface area contributed by atoms with Crippen molar-refractivity contribution >= 4 is 27.6 Å². The maximum Gasteiger partial charge on any atom is 0.327 e. The predicted molar refractivity (Wildman–Crippen MR) is 76.9 cm³/mol. The van der Waals surface area contributed by atoms with E-state index in [4.69, 9.17) is 0 Å². The van der Waals surface area contributed by atoms with Crippen molar-refractivity contribution in [1.29, 1.82) is 0 Å². The van der Waals surface area contributed by atoms with Crippen LogP contribution in [0.1, 0.15) is 31.9 Å². The fraction of sp³-hybridized carbons (Fsp3) is 0.429. The van der Waals surface area contributed by atoms with Crippen LogP contribution in [0.5, 0.6) is 0 Å². The first-order chi connectivity index (χ1) is 8.90. The second-order valence-electron chi connectivity index (χ2n) is 5.21. The van der Waals surface area contributed by atoms with Gasteiger partial charge in [0.05, 0.1) is 10.1 Å². The van der Waals surface area contributed by atoms with Crippen molar-refractivity contribution in [3.63, 3.8) is 0 Å². The Kier molecular flexibility index (Phi) is 3.75. The van der Waals surface area contributed by atoms with Crippen LogP contribution in [0, 0.1) is 12.8 Å². The number of nitrogens with zero attached hydrogens (tertiary/aromatic N) is 1. The molecule has 2 rings (SSSR count). The topological polar surface area (TPSA) is 59.3 Å². The molecule has 0 amide bonds. The van der Waals surface area contributed by atoms with Crippen LogP contribution in [0.4, 0.5) is 0 Å². The number of carboxylic acids is 1. The average Bonchev–Trinajstić information content (AvgIpc) is 2.62. The Hall–Kier alpha value is -1.62. The number of carboxylic acid groups (broad SMARTS) is 1. The Morgan fingerprint density at radius 2 is 2.11 bits per heavy atom. The zero-order valence-electron chi connectivity index (χ0n) is 11.2. The van der Waals surface area contributed by atoms with Crippen LogP contribution in [0.2, 0.25) is 0 Å². The lowest BCUT2D eigenvalue weighted by molar-refractivity contribution is -0.141. The molecule has 0 aliphatic carbocycles. The van der Waals surface area contributed by atoms with Crippen molar-refractivity contribution < 1.29 is 9.90 Å². The molecule has 102 valence electrons. The molecule has 1 atom stereocenters. The predicted octanol–water partition coefficient (Wildman–Crippen LogP) is 3.04. The van der Waals surface area contributed by atoms with Gasteiger partial charge in [0.15, 0.2) is 0 Å². The van der Waals surface area contributed by atoms with Crippen LogP contribution in [0.15, 0.2) is 23.0 Å². The highest BCUT2D eigenvalue weighted by Crippen LogP contribution is 2.24. The highest BCUT2D eigenvalue weighted by molar-refractivity contribution is 7.14. The third-order valence-corrected chi connectivity index (χ3v) is 4.18. The molecule has 0 radical (unpaired) electrons. The fourth-order valence-electron chi connectivity index (χ4n) is 2.10. The fourth-order valence-corrected chi connectivity index (χ4v) is 3.29. The Morgan fingerprint density at radius 1 is 1.42 bits per heavy atom. The average molecular weight is 279 g/mol. The van der Waals surface area contributed by atoms with E-state index >= 15 is 0 Å². The van der Waals surface area contributed by atoms with Crippen LogP contribution in [0.3, 0.4) is 0 Å². The van der Waals surface area contributed by atoms with Gasteiger partial charge in [-0.15, -0.1) is 0 Å². The van der Waals surface area contributed by atoms with Gasteiger partial charge in [0.1, 0.15) is 6.04 Å². The van der Waals surface area contributed by atoms with E-state index in [9.17, 15) is 14.7 Å². The zero-order chi connectivity index (χ0) is 14.2. The van der Waals surface area contributed by atoms with E-state index in [0.717, 1.165) is 10.3 Å². The van der Waals surface area contributed by atoms with E-state index in [1.807, 2.05) is 32.9 Å². The van der Waals surface area contributed by atoms with Gasteiger partial charge in [-0.2, -0.15) is 0 Å². The van der Waals surface area contributed by atoms with E-state index in [-0.39, 0.29) is 11.5 Å². The lowest BCUT2D eigenvalue weighted by Gasteiger charge is -2.14. The summed E-state index contributed by atoms with van der Waals surface area (Å²) in [5.74, 6) is -0.723. The van der Waals surface area contributed by atoms with Crippen LogP contribution >= 0.6 is 11.5 Å². The molecule has 0 saturated carbocycles. The largest absolute Gasteiger partial charge is 0.480 e. The van der Waals surface area contributed by atoms with E-state index in [2.05, 4.69) is 0 Å². The summed E-state index contributed by atoms with van der Waals surface area (Å²) in [4.78, 5) is 23.7. The maximum atomic E-state index is 12.3. The smallest absolute Gasteiger partial charge is 0.327 e. The summed E-state index contributed by atoms with van der Waals surface area (Å²) in [6.07, 6.45) is 0.459. The summed E-state index contributed by atoms with van der Waals surface area (Å²) in [6.45, 7) is 5.87. The van der Waals surface area contributed by atoms with Gasteiger partial charge >= 0.3 is 5.97 Å². The molecule has 2 aromatic rings. The standard InChI is InChI=1S/C14H17NO3S/c1-8(2)6-11(14(17)18)15-13(16)10-5-4-9(3)7-12(10)19-15/h4-5,7-8,11H,6H2,1-3H3,(H,17,18)/t11-/m0/s1. The minimum absolute atomic E-state index is 0.201. The second kappa shape index (κ2) is 5.17. The molecule has 19 heavy (non-hydrogen) atoms. The molecule has 0 fully saturated rings. The van der Waals surface area contributed by atoms with Gasteiger partial charge in [-0.3, -0.25) is 4.79 Å². The summed E-state index contributed by atoms with van der Waals surface area (Å²) in [6, 6.07) is 4.80. The normalized spacial score (nSPS) is 13.1. The quantitative estimate of drug-likeness (QED) is 0.935. The second-order valence-corrected chi connectivity index (χ2v) is 6.22. The third-order valence-electron chi connectivity index (χ3n) is 3.03. The highest BCUT2D eigenvalue weighted by atomic mass is 32.1. The first kappa shape index (κ1) is 13.8. The van der Waals surface area contributed by atoms with Gasteiger partial charge in [0.25, 0.3) is 5.56 Å². The van der Waals surface area contributed by atoms with Gasteiger partial charge in [-0.1, -0.05) is 31.4 Å². The van der Waals surface area contributed by atoms with Crippen LogP contribution < -0.4 is 5.56 Å². The molecule has 0 unspecified atom stereocenters. The van der Waals surface area contributed by atoms with Crippen molar-refractivity contribution in [2.75, 3.05) is 0 Å². The van der Waals surface area contributed by atoms with E-state index in [1.54, 1.807) is 6.07 Å². The van der Waals surface area contributed by atoms with Gasteiger partial charge in [0.2, 0.25) is 0 Å². The number of hydrogen-bond acceptors (Lipinski definition) is 3.